The molecule has 1 aromatic rings. The van der Waals surface area contributed by atoms with Crippen LogP contribution in [0.2, 0.25) is 0 Å². The molecule has 138 valence electrons. The van der Waals surface area contributed by atoms with Gasteiger partial charge >= 0.3 is 0 Å². The highest BCUT2D eigenvalue weighted by Crippen LogP contribution is 2.66. The molecule has 1 N–H and O–H groups in total. The van der Waals surface area contributed by atoms with Gasteiger partial charge in [0.25, 0.3) is 0 Å². The molecular weight excluding hydrogens is 318 g/mol. The molecule has 26 heavy (non-hydrogen) atoms. The Morgan fingerprint density at radius 3 is 2.69 bits per heavy atom. The predicted molar refractivity (Wildman–Crippen MR) is 105 cm³/mol. The molecule has 1 heterocycles. The molecule has 6 atom stereocenters. The van der Waals surface area contributed by atoms with Crippen LogP contribution in [0, 0.1) is 28.6 Å². The molecule has 0 radical (unpaired) electrons. The normalized spacial score (nSPS) is 44.4. The van der Waals surface area contributed by atoms with Crippen molar-refractivity contribution in [3.05, 3.63) is 47.8 Å². The van der Waals surface area contributed by atoms with Crippen LogP contribution in [0.5, 0.6) is 0 Å². The molecule has 4 aliphatic carbocycles. The Hall–Kier alpha value is -1.41. The van der Waals surface area contributed by atoms with Crippen LogP contribution in [0.15, 0.2) is 42.3 Å². The lowest BCUT2D eigenvalue weighted by atomic mass is 9.47. The van der Waals surface area contributed by atoms with Crippen LogP contribution in [-0.4, -0.2) is 16.2 Å². The summed E-state index contributed by atoms with van der Waals surface area (Å²) in [6.07, 6.45) is 17.0. The first-order valence-corrected chi connectivity index (χ1v) is 10.5. The molecule has 4 aliphatic rings. The highest BCUT2D eigenvalue weighted by molar-refractivity contribution is 5.72. The fraction of sp³-hybridized carbons (Fsp3) is 0.625. The van der Waals surface area contributed by atoms with Crippen LogP contribution in [0.4, 0.5) is 0 Å². The van der Waals surface area contributed by atoms with Crippen molar-refractivity contribution in [1.29, 1.82) is 0 Å². The number of aliphatic hydroxyl groups excluding tert-OH is 1. The van der Waals surface area contributed by atoms with Crippen molar-refractivity contribution >= 4 is 5.57 Å². The van der Waals surface area contributed by atoms with Crippen molar-refractivity contribution in [3.8, 4) is 0 Å². The number of aromatic nitrogens is 1. The van der Waals surface area contributed by atoms with Crippen molar-refractivity contribution in [2.24, 2.45) is 28.6 Å². The maximum absolute atomic E-state index is 10.2. The number of pyridine rings is 1. The molecule has 0 bridgehead atoms. The molecule has 0 spiro atoms. The molecule has 2 heteroatoms. The summed E-state index contributed by atoms with van der Waals surface area (Å²) in [6, 6.07) is 4.31. The van der Waals surface area contributed by atoms with Gasteiger partial charge in [0.2, 0.25) is 0 Å². The lowest BCUT2D eigenvalue weighted by Crippen LogP contribution is -2.49. The minimum atomic E-state index is -0.106. The molecule has 2 nitrogen and oxygen atoms in total. The summed E-state index contributed by atoms with van der Waals surface area (Å²) in [5.74, 6) is 2.36. The van der Waals surface area contributed by atoms with Gasteiger partial charge < -0.3 is 5.11 Å². The first-order valence-electron chi connectivity index (χ1n) is 10.5. The van der Waals surface area contributed by atoms with Gasteiger partial charge in [0.15, 0.2) is 0 Å². The van der Waals surface area contributed by atoms with Gasteiger partial charge in [-0.05, 0) is 90.7 Å². The van der Waals surface area contributed by atoms with E-state index in [9.17, 15) is 5.11 Å². The van der Waals surface area contributed by atoms with Crippen LogP contribution in [0.3, 0.4) is 0 Å². The second-order valence-corrected chi connectivity index (χ2v) is 9.71. The minimum Gasteiger partial charge on any atom is -0.393 e. The molecule has 0 aromatic carbocycles. The Morgan fingerprint density at radius 2 is 1.88 bits per heavy atom. The van der Waals surface area contributed by atoms with E-state index >= 15 is 0 Å². The average molecular weight is 350 g/mol. The van der Waals surface area contributed by atoms with E-state index in [0.29, 0.717) is 10.8 Å². The predicted octanol–water partition coefficient (Wildman–Crippen LogP) is 5.40. The fourth-order valence-electron chi connectivity index (χ4n) is 7.18. The molecule has 2 fully saturated rings. The SMILES string of the molecule is C[C@@]12CC[C@@H](O)CC1=CC[C@@H]1[C@@H]2CC[C@]2(C)C(c3cccnc3)=CC[C@@H]12. The Bertz CT molecular complexity index is 766. The van der Waals surface area contributed by atoms with Gasteiger partial charge in [-0.1, -0.05) is 37.6 Å². The lowest BCUT2D eigenvalue weighted by Gasteiger charge is -2.57. The zero-order chi connectivity index (χ0) is 17.9. The topological polar surface area (TPSA) is 33.1 Å². The summed E-state index contributed by atoms with van der Waals surface area (Å²) in [5, 5.41) is 10.2. The maximum atomic E-state index is 10.2. The molecule has 0 aliphatic heterocycles. The van der Waals surface area contributed by atoms with E-state index in [1.165, 1.54) is 37.7 Å². The number of hydrogen-bond acceptors (Lipinski definition) is 2. The Balaban J connectivity index is 1.48. The molecule has 0 unspecified atom stereocenters. The van der Waals surface area contributed by atoms with Gasteiger partial charge in [-0.25, -0.2) is 0 Å². The first kappa shape index (κ1) is 16.7. The zero-order valence-electron chi connectivity index (χ0n) is 16.1. The van der Waals surface area contributed by atoms with Crippen molar-refractivity contribution in [2.75, 3.05) is 0 Å². The molecule has 0 saturated heterocycles. The van der Waals surface area contributed by atoms with Crippen molar-refractivity contribution < 1.29 is 5.11 Å². The second-order valence-electron chi connectivity index (χ2n) is 9.71. The Kier molecular flexibility index (Phi) is 3.73. The Labute approximate surface area is 157 Å². The summed E-state index contributed by atoms with van der Waals surface area (Å²) in [5.41, 5.74) is 5.09. The van der Waals surface area contributed by atoms with E-state index in [4.69, 9.17) is 0 Å². The summed E-state index contributed by atoms with van der Waals surface area (Å²) >= 11 is 0. The molecular formula is C24H31NO. The smallest absolute Gasteiger partial charge is 0.0577 e. The van der Waals surface area contributed by atoms with E-state index < -0.39 is 0 Å². The molecule has 1 aromatic heterocycles. The van der Waals surface area contributed by atoms with Gasteiger partial charge in [-0.2, -0.15) is 0 Å². The second kappa shape index (κ2) is 5.79. The number of fused-ring (bicyclic) bond motifs is 5. The van der Waals surface area contributed by atoms with E-state index in [2.05, 4.69) is 43.1 Å². The van der Waals surface area contributed by atoms with Crippen LogP contribution in [-0.2, 0) is 0 Å². The Morgan fingerprint density at radius 1 is 1.04 bits per heavy atom. The van der Waals surface area contributed by atoms with E-state index in [1.807, 2.05) is 12.4 Å². The van der Waals surface area contributed by atoms with E-state index in [0.717, 1.165) is 30.6 Å². The quantitative estimate of drug-likeness (QED) is 0.689. The van der Waals surface area contributed by atoms with Crippen LogP contribution < -0.4 is 0 Å². The highest BCUT2D eigenvalue weighted by atomic mass is 16.3. The fourth-order valence-corrected chi connectivity index (χ4v) is 7.18. The van der Waals surface area contributed by atoms with Crippen LogP contribution >= 0.6 is 0 Å². The van der Waals surface area contributed by atoms with Crippen LogP contribution in [0.25, 0.3) is 5.57 Å². The third-order valence-electron chi connectivity index (χ3n) is 8.63. The monoisotopic (exact) mass is 349 g/mol. The van der Waals surface area contributed by atoms with Crippen LogP contribution in [0.1, 0.15) is 64.4 Å². The highest BCUT2D eigenvalue weighted by Gasteiger charge is 2.56. The number of aliphatic hydroxyl groups is 1. The lowest BCUT2D eigenvalue weighted by molar-refractivity contribution is -0.0238. The molecule has 0 amide bonds. The van der Waals surface area contributed by atoms with Crippen molar-refractivity contribution in [2.45, 2.75) is 64.9 Å². The van der Waals surface area contributed by atoms with Crippen molar-refractivity contribution in [1.82, 2.24) is 4.98 Å². The summed E-state index contributed by atoms with van der Waals surface area (Å²) < 4.78 is 0. The average Bonchev–Trinajstić information content (AvgIpc) is 3.00. The molecule has 2 saturated carbocycles. The number of allylic oxidation sites excluding steroid dienone is 3. The summed E-state index contributed by atoms with van der Waals surface area (Å²) in [4.78, 5) is 4.38. The zero-order valence-corrected chi connectivity index (χ0v) is 16.1. The van der Waals surface area contributed by atoms with Gasteiger partial charge in [-0.3, -0.25) is 4.98 Å². The number of nitrogens with zero attached hydrogens (tertiary/aromatic N) is 1. The van der Waals surface area contributed by atoms with Gasteiger partial charge in [0.1, 0.15) is 0 Å². The number of rotatable bonds is 1. The number of hydrogen-bond donors (Lipinski definition) is 1. The van der Waals surface area contributed by atoms with E-state index in [1.54, 1.807) is 11.1 Å². The van der Waals surface area contributed by atoms with E-state index in [-0.39, 0.29) is 6.10 Å². The summed E-state index contributed by atoms with van der Waals surface area (Å²) in [7, 11) is 0. The first-order chi connectivity index (χ1) is 12.5. The van der Waals surface area contributed by atoms with Gasteiger partial charge in [0.05, 0.1) is 6.10 Å². The molecule has 5 rings (SSSR count). The van der Waals surface area contributed by atoms with Crippen molar-refractivity contribution in [3.63, 3.8) is 0 Å². The maximum Gasteiger partial charge on any atom is 0.0577 e. The largest absolute Gasteiger partial charge is 0.393 e. The van der Waals surface area contributed by atoms with Gasteiger partial charge in [-0.15, -0.1) is 0 Å². The third-order valence-corrected chi connectivity index (χ3v) is 8.63. The van der Waals surface area contributed by atoms with Gasteiger partial charge in [0, 0.05) is 12.4 Å². The minimum absolute atomic E-state index is 0.106. The summed E-state index contributed by atoms with van der Waals surface area (Å²) in [6.45, 7) is 5.03. The third kappa shape index (κ3) is 2.24. The standard InChI is InChI=1S/C24H31NO/c1-23-11-9-18(26)14-17(23)5-6-19-21-8-7-20(16-4-3-13-25-15-16)24(21,2)12-10-22(19)23/h3-5,7,13,15,18-19,21-22,26H,6,8-12,14H2,1-2H3/t18-,19+,21+,22+,23-,24-/m1/s1.